The summed E-state index contributed by atoms with van der Waals surface area (Å²) in [4.78, 5) is 11.6. The summed E-state index contributed by atoms with van der Waals surface area (Å²) in [6, 6.07) is 5.18. The van der Waals surface area contributed by atoms with Crippen LogP contribution >= 0.6 is 0 Å². The summed E-state index contributed by atoms with van der Waals surface area (Å²) in [5.74, 6) is -0.345. The van der Waals surface area contributed by atoms with Gasteiger partial charge in [-0.05, 0) is 31.5 Å². The van der Waals surface area contributed by atoms with Crippen LogP contribution in [0.1, 0.15) is 13.3 Å². The first-order valence-corrected chi connectivity index (χ1v) is 5.69. The van der Waals surface area contributed by atoms with Gasteiger partial charge < -0.3 is 14.9 Å². The summed E-state index contributed by atoms with van der Waals surface area (Å²) in [5.41, 5.74) is 7.63. The second kappa shape index (κ2) is 5.05. The summed E-state index contributed by atoms with van der Waals surface area (Å²) in [7, 11) is 0. The number of fused-ring (bicyclic) bond motifs is 1. The Balaban J connectivity index is 2.23. The zero-order valence-electron chi connectivity index (χ0n) is 9.81. The summed E-state index contributed by atoms with van der Waals surface area (Å²) < 4.78 is 11.9. The van der Waals surface area contributed by atoms with Crippen molar-refractivity contribution in [1.82, 2.24) is 4.57 Å². The van der Waals surface area contributed by atoms with Crippen molar-refractivity contribution in [3.8, 4) is 0 Å². The number of anilines is 1. The van der Waals surface area contributed by atoms with Crippen LogP contribution in [0.5, 0.6) is 0 Å². The van der Waals surface area contributed by atoms with Gasteiger partial charge in [0, 0.05) is 25.4 Å². The van der Waals surface area contributed by atoms with Crippen LogP contribution < -0.4 is 11.5 Å². The van der Waals surface area contributed by atoms with Crippen molar-refractivity contribution in [1.29, 1.82) is 0 Å². The van der Waals surface area contributed by atoms with E-state index in [1.165, 1.54) is 0 Å². The SMILES string of the molecule is CCOCCCn1c(=O)oc2ccc(N)cc21. The fourth-order valence-corrected chi connectivity index (χ4v) is 1.76. The second-order valence-electron chi connectivity index (χ2n) is 3.80. The number of aromatic nitrogens is 1. The molecule has 0 saturated carbocycles. The lowest BCUT2D eigenvalue weighted by atomic mass is 10.3. The molecule has 2 N–H and O–H groups in total. The first-order chi connectivity index (χ1) is 8.22. The minimum Gasteiger partial charge on any atom is -0.408 e. The van der Waals surface area contributed by atoms with Gasteiger partial charge in [0.15, 0.2) is 5.58 Å². The van der Waals surface area contributed by atoms with Crippen LogP contribution in [0.25, 0.3) is 11.1 Å². The van der Waals surface area contributed by atoms with E-state index in [0.29, 0.717) is 31.0 Å². The fraction of sp³-hybridized carbons (Fsp3) is 0.417. The number of hydrogen-bond donors (Lipinski definition) is 1. The number of nitrogen functional groups attached to an aromatic ring is 1. The van der Waals surface area contributed by atoms with E-state index in [9.17, 15) is 4.79 Å². The van der Waals surface area contributed by atoms with E-state index >= 15 is 0 Å². The highest BCUT2D eigenvalue weighted by atomic mass is 16.5. The van der Waals surface area contributed by atoms with Crippen LogP contribution in [0, 0.1) is 0 Å². The molecule has 0 aliphatic rings. The normalized spacial score (nSPS) is 11.1. The van der Waals surface area contributed by atoms with Crippen LogP contribution in [-0.4, -0.2) is 17.8 Å². The molecular weight excluding hydrogens is 220 g/mol. The van der Waals surface area contributed by atoms with Crippen LogP contribution in [0.15, 0.2) is 27.4 Å². The first kappa shape index (κ1) is 11.7. The molecule has 0 aliphatic carbocycles. The van der Waals surface area contributed by atoms with Gasteiger partial charge in [-0.15, -0.1) is 0 Å². The third-order valence-corrected chi connectivity index (χ3v) is 2.57. The van der Waals surface area contributed by atoms with Gasteiger partial charge in [-0.1, -0.05) is 0 Å². The molecule has 92 valence electrons. The summed E-state index contributed by atoms with van der Waals surface area (Å²) >= 11 is 0. The van der Waals surface area contributed by atoms with Crippen molar-refractivity contribution in [2.24, 2.45) is 0 Å². The average Bonchev–Trinajstić information content (AvgIpc) is 2.61. The van der Waals surface area contributed by atoms with Crippen LogP contribution in [0.4, 0.5) is 5.69 Å². The maximum Gasteiger partial charge on any atom is 0.419 e. The Morgan fingerprint density at radius 1 is 1.47 bits per heavy atom. The molecule has 1 heterocycles. The Kier molecular flexibility index (Phi) is 3.49. The van der Waals surface area contributed by atoms with Crippen molar-refractivity contribution in [3.05, 3.63) is 28.7 Å². The number of nitrogens with zero attached hydrogens (tertiary/aromatic N) is 1. The first-order valence-electron chi connectivity index (χ1n) is 5.69. The Morgan fingerprint density at radius 3 is 3.06 bits per heavy atom. The highest BCUT2D eigenvalue weighted by Gasteiger charge is 2.08. The minimum absolute atomic E-state index is 0.345. The van der Waals surface area contributed by atoms with Gasteiger partial charge in [0.25, 0.3) is 0 Å². The second-order valence-corrected chi connectivity index (χ2v) is 3.80. The van der Waals surface area contributed by atoms with Crippen LogP contribution in [0.2, 0.25) is 0 Å². The largest absolute Gasteiger partial charge is 0.419 e. The molecule has 0 amide bonds. The van der Waals surface area contributed by atoms with Crippen LogP contribution in [-0.2, 0) is 11.3 Å². The predicted molar refractivity (Wildman–Crippen MR) is 66.0 cm³/mol. The van der Waals surface area contributed by atoms with Crippen molar-refractivity contribution < 1.29 is 9.15 Å². The highest BCUT2D eigenvalue weighted by Crippen LogP contribution is 2.16. The third kappa shape index (κ3) is 2.50. The van der Waals surface area contributed by atoms with E-state index < -0.39 is 0 Å². The van der Waals surface area contributed by atoms with E-state index in [1.807, 2.05) is 6.92 Å². The molecule has 0 aliphatic heterocycles. The lowest BCUT2D eigenvalue weighted by molar-refractivity contribution is 0.141. The Morgan fingerprint density at radius 2 is 2.29 bits per heavy atom. The van der Waals surface area contributed by atoms with Gasteiger partial charge >= 0.3 is 5.76 Å². The summed E-state index contributed by atoms with van der Waals surface area (Å²) in [5, 5.41) is 0. The van der Waals surface area contributed by atoms with E-state index in [2.05, 4.69) is 0 Å². The number of oxazole rings is 1. The Hall–Kier alpha value is -1.75. The molecule has 0 radical (unpaired) electrons. The number of aryl methyl sites for hydroxylation is 1. The molecule has 0 fully saturated rings. The Labute approximate surface area is 98.8 Å². The molecule has 1 aromatic heterocycles. The van der Waals surface area contributed by atoms with E-state index in [1.54, 1.807) is 22.8 Å². The number of ether oxygens (including phenoxy) is 1. The number of rotatable bonds is 5. The predicted octanol–water partition coefficient (Wildman–Crippen LogP) is 1.60. The maximum absolute atomic E-state index is 11.6. The fourth-order valence-electron chi connectivity index (χ4n) is 1.76. The van der Waals surface area contributed by atoms with Gasteiger partial charge in [-0.2, -0.15) is 0 Å². The number of hydrogen-bond acceptors (Lipinski definition) is 4. The van der Waals surface area contributed by atoms with Crippen molar-refractivity contribution >= 4 is 16.8 Å². The molecule has 0 unspecified atom stereocenters. The van der Waals surface area contributed by atoms with E-state index in [4.69, 9.17) is 14.9 Å². The van der Waals surface area contributed by atoms with Gasteiger partial charge in [-0.3, -0.25) is 4.57 Å². The quantitative estimate of drug-likeness (QED) is 0.632. The van der Waals surface area contributed by atoms with Gasteiger partial charge in [0.05, 0.1) is 5.52 Å². The number of benzene rings is 1. The molecule has 0 atom stereocenters. The highest BCUT2D eigenvalue weighted by molar-refractivity contribution is 5.76. The zero-order chi connectivity index (χ0) is 12.3. The molecule has 5 nitrogen and oxygen atoms in total. The number of nitrogens with two attached hydrogens (primary N) is 1. The lowest BCUT2D eigenvalue weighted by Gasteiger charge is -2.02. The van der Waals surface area contributed by atoms with Gasteiger partial charge in [0.2, 0.25) is 0 Å². The smallest absolute Gasteiger partial charge is 0.408 e. The van der Waals surface area contributed by atoms with Crippen molar-refractivity contribution in [2.75, 3.05) is 18.9 Å². The third-order valence-electron chi connectivity index (χ3n) is 2.57. The molecule has 17 heavy (non-hydrogen) atoms. The zero-order valence-corrected chi connectivity index (χ0v) is 9.81. The van der Waals surface area contributed by atoms with Gasteiger partial charge in [0.1, 0.15) is 0 Å². The van der Waals surface area contributed by atoms with Gasteiger partial charge in [-0.25, -0.2) is 4.79 Å². The van der Waals surface area contributed by atoms with E-state index in [0.717, 1.165) is 11.9 Å². The van der Waals surface area contributed by atoms with Crippen molar-refractivity contribution in [3.63, 3.8) is 0 Å². The minimum atomic E-state index is -0.345. The maximum atomic E-state index is 11.6. The Bertz CT molecular complexity index is 556. The molecule has 0 bridgehead atoms. The monoisotopic (exact) mass is 236 g/mol. The molecule has 2 rings (SSSR count). The molecule has 0 saturated heterocycles. The molecule has 1 aromatic carbocycles. The average molecular weight is 236 g/mol. The molecule has 2 aromatic rings. The molecule has 0 spiro atoms. The van der Waals surface area contributed by atoms with E-state index in [-0.39, 0.29) is 5.76 Å². The van der Waals surface area contributed by atoms with Crippen LogP contribution in [0.3, 0.4) is 0 Å². The summed E-state index contributed by atoms with van der Waals surface area (Å²) in [6.07, 6.45) is 0.775. The van der Waals surface area contributed by atoms with Crippen molar-refractivity contribution in [2.45, 2.75) is 19.9 Å². The molecular formula is C12H16N2O3. The topological polar surface area (TPSA) is 70.4 Å². The standard InChI is InChI=1S/C12H16N2O3/c1-2-16-7-3-6-14-10-8-9(13)4-5-11(10)17-12(14)15/h4-5,8H,2-3,6-7,13H2,1H3. The summed E-state index contributed by atoms with van der Waals surface area (Å²) in [6.45, 7) is 3.85. The lowest BCUT2D eigenvalue weighted by Crippen LogP contribution is -2.15. The molecule has 5 heteroatoms.